The zero-order chi connectivity index (χ0) is 23.2. The number of carbonyl (C=O) groups excluding carboxylic acids is 2. The molecule has 31 heavy (non-hydrogen) atoms. The molecule has 1 atom stereocenters. The van der Waals surface area contributed by atoms with E-state index in [0.717, 1.165) is 4.90 Å². The smallest absolute Gasteiger partial charge is 0.243 e. The van der Waals surface area contributed by atoms with Crippen molar-refractivity contribution in [1.29, 1.82) is 0 Å². The van der Waals surface area contributed by atoms with Crippen LogP contribution in [0.3, 0.4) is 0 Å². The van der Waals surface area contributed by atoms with Crippen LogP contribution in [-0.4, -0.2) is 34.0 Å². The van der Waals surface area contributed by atoms with Gasteiger partial charge in [0.25, 0.3) is 0 Å². The zero-order valence-corrected chi connectivity index (χ0v) is 21.1. The molecule has 0 aliphatic rings. The first-order valence-electron chi connectivity index (χ1n) is 9.94. The van der Waals surface area contributed by atoms with E-state index in [-0.39, 0.29) is 24.1 Å². The molecule has 2 amide bonds. The average molecular weight is 502 g/mol. The van der Waals surface area contributed by atoms with Crippen LogP contribution in [0.25, 0.3) is 0 Å². The van der Waals surface area contributed by atoms with Crippen molar-refractivity contribution in [3.63, 3.8) is 0 Å². The molecule has 0 heterocycles. The molecule has 0 aliphatic heterocycles. The number of carbonyl (C=O) groups is 2. The number of hydrogen-bond acceptors (Lipinski definition) is 3. The van der Waals surface area contributed by atoms with E-state index in [1.54, 1.807) is 35.2 Å². The molecule has 2 aromatic carbocycles. The van der Waals surface area contributed by atoms with Gasteiger partial charge in [0.05, 0.1) is 5.75 Å². The average Bonchev–Trinajstić information content (AvgIpc) is 2.68. The van der Waals surface area contributed by atoms with Crippen molar-refractivity contribution < 1.29 is 9.59 Å². The Labute approximate surface area is 203 Å². The summed E-state index contributed by atoms with van der Waals surface area (Å²) in [6.07, 6.45) is 0.460. The van der Waals surface area contributed by atoms with Crippen molar-refractivity contribution >= 4 is 58.4 Å². The van der Waals surface area contributed by atoms with Crippen LogP contribution in [0.1, 0.15) is 39.7 Å². The quantitative estimate of drug-likeness (QED) is 0.422. The zero-order valence-electron chi connectivity index (χ0n) is 18.0. The number of amides is 2. The fraction of sp³-hybridized carbons (Fsp3) is 0.391. The van der Waals surface area contributed by atoms with Crippen LogP contribution < -0.4 is 5.32 Å². The predicted molar refractivity (Wildman–Crippen MR) is 131 cm³/mol. The van der Waals surface area contributed by atoms with Crippen LogP contribution in [0.2, 0.25) is 15.1 Å². The van der Waals surface area contributed by atoms with Gasteiger partial charge in [0.2, 0.25) is 11.8 Å². The third-order valence-electron chi connectivity index (χ3n) is 4.45. The van der Waals surface area contributed by atoms with Gasteiger partial charge < -0.3 is 10.2 Å². The van der Waals surface area contributed by atoms with E-state index in [9.17, 15) is 9.59 Å². The number of thioether (sulfide) groups is 1. The van der Waals surface area contributed by atoms with Crippen molar-refractivity contribution in [2.75, 3.05) is 5.75 Å². The summed E-state index contributed by atoms with van der Waals surface area (Å²) in [5.41, 5.74) is 0.206. The van der Waals surface area contributed by atoms with Gasteiger partial charge in [-0.3, -0.25) is 9.59 Å². The summed E-state index contributed by atoms with van der Waals surface area (Å²) in [7, 11) is 0. The molecule has 168 valence electrons. The molecular weight excluding hydrogens is 475 g/mol. The Morgan fingerprint density at radius 1 is 1.03 bits per heavy atom. The van der Waals surface area contributed by atoms with E-state index in [1.807, 2.05) is 39.8 Å². The van der Waals surface area contributed by atoms with E-state index >= 15 is 0 Å². The summed E-state index contributed by atoms with van der Waals surface area (Å²) in [6, 6.07) is 11.8. The Balaban J connectivity index is 2.29. The van der Waals surface area contributed by atoms with Gasteiger partial charge in [-0.2, -0.15) is 0 Å². The predicted octanol–water partition coefficient (Wildman–Crippen LogP) is 6.46. The molecule has 1 unspecified atom stereocenters. The lowest BCUT2D eigenvalue weighted by atomic mass is 10.1. The van der Waals surface area contributed by atoms with Gasteiger partial charge in [0.15, 0.2) is 0 Å². The minimum Gasteiger partial charge on any atom is -0.350 e. The molecule has 0 spiro atoms. The number of nitrogens with zero attached hydrogens (tertiary/aromatic N) is 1. The maximum atomic E-state index is 13.3. The van der Waals surface area contributed by atoms with E-state index < -0.39 is 11.6 Å². The lowest BCUT2D eigenvalue weighted by Gasteiger charge is -2.33. The van der Waals surface area contributed by atoms with Gasteiger partial charge in [-0.15, -0.1) is 11.8 Å². The van der Waals surface area contributed by atoms with Crippen LogP contribution in [0, 0.1) is 0 Å². The molecule has 4 nitrogen and oxygen atoms in total. The van der Waals surface area contributed by atoms with Gasteiger partial charge >= 0.3 is 0 Å². The highest BCUT2D eigenvalue weighted by molar-refractivity contribution is 8.00. The van der Waals surface area contributed by atoms with Gasteiger partial charge in [-0.05, 0) is 63.6 Å². The number of nitrogens with one attached hydrogen (secondary N) is 1. The lowest BCUT2D eigenvalue weighted by molar-refractivity contribution is -0.140. The third kappa shape index (κ3) is 7.90. The summed E-state index contributed by atoms with van der Waals surface area (Å²) < 4.78 is 0. The lowest BCUT2D eigenvalue weighted by Crippen LogP contribution is -2.53. The monoisotopic (exact) mass is 500 g/mol. The Morgan fingerprint density at radius 2 is 1.61 bits per heavy atom. The molecule has 0 aliphatic carbocycles. The molecule has 2 aromatic rings. The van der Waals surface area contributed by atoms with Gasteiger partial charge in [-0.1, -0.05) is 47.8 Å². The Hall–Kier alpha value is -1.40. The molecule has 0 fully saturated rings. The van der Waals surface area contributed by atoms with Crippen molar-refractivity contribution in [2.24, 2.45) is 0 Å². The minimum absolute atomic E-state index is 0.147. The van der Waals surface area contributed by atoms with E-state index in [1.165, 1.54) is 11.8 Å². The Kier molecular flexibility index (Phi) is 9.56. The summed E-state index contributed by atoms with van der Waals surface area (Å²) in [6.45, 7) is 7.75. The molecule has 2 rings (SSSR count). The van der Waals surface area contributed by atoms with Crippen molar-refractivity contribution in [2.45, 2.75) is 57.1 Å². The minimum atomic E-state index is -0.648. The topological polar surface area (TPSA) is 49.4 Å². The fourth-order valence-electron chi connectivity index (χ4n) is 2.98. The van der Waals surface area contributed by atoms with Crippen LogP contribution >= 0.6 is 46.6 Å². The van der Waals surface area contributed by atoms with Gasteiger partial charge in [0, 0.05) is 37.6 Å². The van der Waals surface area contributed by atoms with E-state index in [2.05, 4.69) is 5.32 Å². The van der Waals surface area contributed by atoms with E-state index in [4.69, 9.17) is 34.8 Å². The van der Waals surface area contributed by atoms with Crippen LogP contribution in [0.4, 0.5) is 0 Å². The highest BCUT2D eigenvalue weighted by Crippen LogP contribution is 2.28. The number of hydrogen-bond donors (Lipinski definition) is 1. The first-order valence-corrected chi connectivity index (χ1v) is 12.1. The van der Waals surface area contributed by atoms with E-state index in [0.29, 0.717) is 27.1 Å². The third-order valence-corrected chi connectivity index (χ3v) is 6.41. The normalized spacial score (nSPS) is 12.4. The number of benzene rings is 2. The standard InChI is InChI=1S/C23H27Cl3N2O2S/c1-5-20(22(30)27-23(2,3)4)28(13-17-18(25)7-6-8-19(17)26)21(29)14-31-16-11-9-15(24)10-12-16/h6-12,20H,5,13-14H2,1-4H3,(H,27,30). The summed E-state index contributed by atoms with van der Waals surface area (Å²) in [5.74, 6) is -0.210. The molecule has 0 radical (unpaired) electrons. The second-order valence-corrected chi connectivity index (χ2v) is 10.4. The van der Waals surface area contributed by atoms with Gasteiger partial charge in [-0.25, -0.2) is 0 Å². The first kappa shape index (κ1) is 25.9. The SMILES string of the molecule is CCC(C(=O)NC(C)(C)C)N(Cc1c(Cl)cccc1Cl)C(=O)CSc1ccc(Cl)cc1. The Bertz CT molecular complexity index is 894. The number of halogens is 3. The summed E-state index contributed by atoms with van der Waals surface area (Å²) in [4.78, 5) is 28.8. The first-order chi connectivity index (χ1) is 14.5. The van der Waals surface area contributed by atoms with Crippen LogP contribution in [0.15, 0.2) is 47.4 Å². The maximum Gasteiger partial charge on any atom is 0.243 e. The second-order valence-electron chi connectivity index (χ2n) is 8.13. The molecule has 0 saturated carbocycles. The van der Waals surface area contributed by atoms with Crippen molar-refractivity contribution in [3.8, 4) is 0 Å². The van der Waals surface area contributed by atoms with Crippen LogP contribution in [0.5, 0.6) is 0 Å². The summed E-state index contributed by atoms with van der Waals surface area (Å²) in [5, 5.41) is 4.53. The Morgan fingerprint density at radius 3 is 2.13 bits per heavy atom. The highest BCUT2D eigenvalue weighted by atomic mass is 35.5. The molecule has 0 aromatic heterocycles. The molecule has 0 saturated heterocycles. The molecule has 8 heteroatoms. The fourth-order valence-corrected chi connectivity index (χ4v) is 4.41. The van der Waals surface area contributed by atoms with Gasteiger partial charge in [0.1, 0.15) is 6.04 Å². The van der Waals surface area contributed by atoms with Crippen molar-refractivity contribution in [3.05, 3.63) is 63.1 Å². The second kappa shape index (κ2) is 11.5. The largest absolute Gasteiger partial charge is 0.350 e. The maximum absolute atomic E-state index is 13.3. The van der Waals surface area contributed by atoms with Crippen LogP contribution in [-0.2, 0) is 16.1 Å². The summed E-state index contributed by atoms with van der Waals surface area (Å²) >= 11 is 20.0. The molecule has 1 N–H and O–H groups in total. The molecular formula is C23H27Cl3N2O2S. The molecule has 0 bridgehead atoms. The number of rotatable bonds is 8. The highest BCUT2D eigenvalue weighted by Gasteiger charge is 2.31. The van der Waals surface area contributed by atoms with Crippen molar-refractivity contribution in [1.82, 2.24) is 10.2 Å².